The van der Waals surface area contributed by atoms with Crippen molar-refractivity contribution in [2.75, 3.05) is 34.2 Å². The number of halogens is 1. The molecule has 0 bridgehead atoms. The van der Waals surface area contributed by atoms with Gasteiger partial charge in [-0.05, 0) is 31.9 Å². The number of hydrogen-bond acceptors (Lipinski definition) is 3. The number of rotatable bonds is 7. The summed E-state index contributed by atoms with van der Waals surface area (Å²) in [5, 5.41) is 6.50. The van der Waals surface area contributed by atoms with E-state index in [2.05, 4.69) is 15.6 Å². The van der Waals surface area contributed by atoms with Crippen LogP contribution >= 0.6 is 0 Å². The Morgan fingerprint density at radius 3 is 2.63 bits per heavy atom. The molecule has 0 aliphatic heterocycles. The van der Waals surface area contributed by atoms with Gasteiger partial charge in [-0.2, -0.15) is 0 Å². The molecule has 0 spiro atoms. The highest BCUT2D eigenvalue weighted by molar-refractivity contribution is 5.85. The number of nitrogens with zero attached hydrogens (tertiary/aromatic N) is 2. The summed E-state index contributed by atoms with van der Waals surface area (Å²) in [6, 6.07) is 6.09. The molecule has 1 aromatic rings. The van der Waals surface area contributed by atoms with Crippen LogP contribution in [0.4, 0.5) is 4.39 Å². The molecule has 1 amide bonds. The normalized spacial score (nSPS) is 17.3. The van der Waals surface area contributed by atoms with Crippen LogP contribution in [0.2, 0.25) is 0 Å². The summed E-state index contributed by atoms with van der Waals surface area (Å²) in [4.78, 5) is 18.5. The predicted octanol–water partition coefficient (Wildman–Crippen LogP) is 2.41. The first kappa shape index (κ1) is 21.0. The van der Waals surface area contributed by atoms with E-state index in [9.17, 15) is 9.18 Å². The Morgan fingerprint density at radius 1 is 1.33 bits per heavy atom. The van der Waals surface area contributed by atoms with Gasteiger partial charge < -0.3 is 20.3 Å². The zero-order valence-electron chi connectivity index (χ0n) is 16.7. The molecule has 2 rings (SSSR count). The minimum absolute atomic E-state index is 0.172. The highest BCUT2D eigenvalue weighted by Crippen LogP contribution is 2.38. The maximum Gasteiger partial charge on any atom is 0.230 e. The maximum atomic E-state index is 13.2. The third-order valence-corrected chi connectivity index (χ3v) is 4.93. The van der Waals surface area contributed by atoms with Crippen molar-refractivity contribution in [3.63, 3.8) is 0 Å². The minimum atomic E-state index is -0.356. The zero-order valence-corrected chi connectivity index (χ0v) is 16.7. The van der Waals surface area contributed by atoms with E-state index >= 15 is 0 Å². The van der Waals surface area contributed by atoms with Crippen LogP contribution in [-0.2, 0) is 4.79 Å². The highest BCUT2D eigenvalue weighted by atomic mass is 19.1. The lowest BCUT2D eigenvalue weighted by Gasteiger charge is -2.31. The lowest BCUT2D eigenvalue weighted by atomic mass is 9.84. The second kappa shape index (κ2) is 9.58. The number of carbonyl (C=O) groups excluding carboxylic acids is 1. The van der Waals surface area contributed by atoms with Crippen LogP contribution in [0, 0.1) is 11.2 Å². The molecule has 6 nitrogen and oxygen atoms in total. The number of aliphatic imine (C=N–C) groups is 1. The van der Waals surface area contributed by atoms with Crippen molar-refractivity contribution < 1.29 is 13.9 Å². The van der Waals surface area contributed by atoms with Gasteiger partial charge in [-0.3, -0.25) is 9.79 Å². The van der Waals surface area contributed by atoms with E-state index in [1.807, 2.05) is 6.92 Å². The lowest BCUT2D eigenvalue weighted by molar-refractivity contribution is -0.138. The van der Waals surface area contributed by atoms with Crippen LogP contribution in [0.15, 0.2) is 29.3 Å². The Morgan fingerprint density at radius 2 is 2.04 bits per heavy atom. The second-order valence-electron chi connectivity index (χ2n) is 7.38. The molecule has 2 N–H and O–H groups in total. The summed E-state index contributed by atoms with van der Waals surface area (Å²) < 4.78 is 18.9. The molecule has 1 unspecified atom stereocenters. The number of ether oxygens (including phenoxy) is 1. The monoisotopic (exact) mass is 378 g/mol. The van der Waals surface area contributed by atoms with Crippen molar-refractivity contribution in [1.29, 1.82) is 0 Å². The van der Waals surface area contributed by atoms with E-state index in [4.69, 9.17) is 4.74 Å². The quantitative estimate of drug-likeness (QED) is 0.565. The van der Waals surface area contributed by atoms with Crippen LogP contribution in [0.3, 0.4) is 0 Å². The number of hydrogen-bond donors (Lipinski definition) is 2. The SMILES string of the molecule is CN=C(NCC(C)Oc1cccc(F)c1)NCC1(C(=O)N(C)C)CCCC1. The van der Waals surface area contributed by atoms with Gasteiger partial charge in [-0.15, -0.1) is 0 Å². The van der Waals surface area contributed by atoms with E-state index in [0.29, 0.717) is 24.8 Å². The third kappa shape index (κ3) is 5.84. The maximum absolute atomic E-state index is 13.2. The molecule has 150 valence electrons. The van der Waals surface area contributed by atoms with Crippen LogP contribution in [0.5, 0.6) is 5.75 Å². The van der Waals surface area contributed by atoms with E-state index in [0.717, 1.165) is 25.7 Å². The summed E-state index contributed by atoms with van der Waals surface area (Å²) in [6.07, 6.45) is 3.77. The Balaban J connectivity index is 1.85. The minimum Gasteiger partial charge on any atom is -0.489 e. The number of amides is 1. The third-order valence-electron chi connectivity index (χ3n) is 4.93. The summed E-state index contributed by atoms with van der Waals surface area (Å²) in [7, 11) is 5.31. The van der Waals surface area contributed by atoms with Crippen molar-refractivity contribution in [3.8, 4) is 5.75 Å². The molecule has 1 aliphatic carbocycles. The molecule has 1 saturated carbocycles. The molecule has 7 heteroatoms. The van der Waals surface area contributed by atoms with Crippen molar-refractivity contribution in [1.82, 2.24) is 15.5 Å². The largest absolute Gasteiger partial charge is 0.489 e. The van der Waals surface area contributed by atoms with E-state index < -0.39 is 0 Å². The van der Waals surface area contributed by atoms with Crippen LogP contribution in [-0.4, -0.2) is 57.1 Å². The van der Waals surface area contributed by atoms with E-state index in [1.165, 1.54) is 12.1 Å². The summed E-state index contributed by atoms with van der Waals surface area (Å²) >= 11 is 0. The van der Waals surface area contributed by atoms with Gasteiger partial charge in [0.05, 0.1) is 12.0 Å². The molecule has 1 atom stereocenters. The zero-order chi connectivity index (χ0) is 19.9. The highest BCUT2D eigenvalue weighted by Gasteiger charge is 2.42. The fraction of sp³-hybridized carbons (Fsp3) is 0.600. The summed E-state index contributed by atoms with van der Waals surface area (Å²) in [5.74, 6) is 0.972. The molecule has 1 aromatic carbocycles. The molecule has 0 saturated heterocycles. The molecule has 0 radical (unpaired) electrons. The van der Waals surface area contributed by atoms with Crippen LogP contribution in [0.25, 0.3) is 0 Å². The first-order valence-electron chi connectivity index (χ1n) is 9.45. The Bertz CT molecular complexity index is 657. The van der Waals surface area contributed by atoms with Gasteiger partial charge in [0.25, 0.3) is 0 Å². The molecule has 0 heterocycles. The predicted molar refractivity (Wildman–Crippen MR) is 105 cm³/mol. The van der Waals surface area contributed by atoms with Gasteiger partial charge in [-0.25, -0.2) is 4.39 Å². The van der Waals surface area contributed by atoms with Gasteiger partial charge in [0.15, 0.2) is 5.96 Å². The molecule has 1 aliphatic rings. The fourth-order valence-electron chi connectivity index (χ4n) is 3.52. The van der Waals surface area contributed by atoms with Gasteiger partial charge in [-0.1, -0.05) is 18.9 Å². The van der Waals surface area contributed by atoms with Gasteiger partial charge in [0, 0.05) is 33.8 Å². The summed E-state index contributed by atoms with van der Waals surface area (Å²) in [6.45, 7) is 2.97. The van der Waals surface area contributed by atoms with Gasteiger partial charge in [0.1, 0.15) is 17.7 Å². The van der Waals surface area contributed by atoms with Crippen molar-refractivity contribution >= 4 is 11.9 Å². The standard InChI is InChI=1S/C20H31FN4O2/c1-15(27-17-9-7-8-16(21)12-17)13-23-19(22-2)24-14-20(10-5-6-11-20)18(26)25(3)4/h7-9,12,15H,5-6,10-11,13-14H2,1-4H3,(H2,22,23,24). The van der Waals surface area contributed by atoms with Gasteiger partial charge in [0.2, 0.25) is 5.91 Å². The smallest absolute Gasteiger partial charge is 0.230 e. The second-order valence-corrected chi connectivity index (χ2v) is 7.38. The molecule has 27 heavy (non-hydrogen) atoms. The van der Waals surface area contributed by atoms with Crippen molar-refractivity contribution in [2.24, 2.45) is 10.4 Å². The van der Waals surface area contributed by atoms with E-state index in [1.54, 1.807) is 38.2 Å². The van der Waals surface area contributed by atoms with Crippen LogP contribution in [0.1, 0.15) is 32.6 Å². The Labute approximate surface area is 161 Å². The topological polar surface area (TPSA) is 66.0 Å². The van der Waals surface area contributed by atoms with Crippen molar-refractivity contribution in [3.05, 3.63) is 30.1 Å². The Hall–Kier alpha value is -2.31. The molecular formula is C20H31FN4O2. The van der Waals surface area contributed by atoms with Crippen molar-refractivity contribution in [2.45, 2.75) is 38.7 Å². The number of guanidine groups is 1. The first-order valence-corrected chi connectivity index (χ1v) is 9.45. The number of carbonyl (C=O) groups is 1. The molecule has 1 fully saturated rings. The lowest BCUT2D eigenvalue weighted by Crippen LogP contribution is -2.50. The fourth-order valence-corrected chi connectivity index (χ4v) is 3.52. The Kier molecular flexibility index (Phi) is 7.45. The molecular weight excluding hydrogens is 347 g/mol. The number of nitrogens with one attached hydrogen (secondary N) is 2. The number of benzene rings is 1. The summed E-state index contributed by atoms with van der Waals surface area (Å²) in [5.41, 5.74) is -0.356. The average molecular weight is 378 g/mol. The van der Waals surface area contributed by atoms with Gasteiger partial charge >= 0.3 is 0 Å². The van der Waals surface area contributed by atoms with Crippen LogP contribution < -0.4 is 15.4 Å². The molecule has 0 aromatic heterocycles. The first-order chi connectivity index (χ1) is 12.9. The van der Waals surface area contributed by atoms with E-state index in [-0.39, 0.29) is 23.2 Å². The average Bonchev–Trinajstić information content (AvgIpc) is 3.11.